The topological polar surface area (TPSA) is 54.9 Å². The van der Waals surface area contributed by atoms with Crippen molar-refractivity contribution in [2.75, 3.05) is 33.4 Å². The molecule has 2 N–H and O–H groups in total. The average molecular weight is 289 g/mol. The van der Waals surface area contributed by atoms with Crippen molar-refractivity contribution in [2.24, 2.45) is 4.99 Å². The van der Waals surface area contributed by atoms with Crippen LogP contribution in [0.4, 0.5) is 0 Å². The van der Waals surface area contributed by atoms with E-state index in [4.69, 9.17) is 15.9 Å². The van der Waals surface area contributed by atoms with Crippen molar-refractivity contribution in [2.45, 2.75) is 13.3 Å². The number of hydrogen-bond donors (Lipinski definition) is 2. The molecule has 0 fully saturated rings. The lowest BCUT2D eigenvalue weighted by molar-refractivity contribution is 0.311. The zero-order chi connectivity index (χ0) is 15.3. The van der Waals surface area contributed by atoms with Gasteiger partial charge in [-0.2, -0.15) is 0 Å². The van der Waals surface area contributed by atoms with Gasteiger partial charge in [-0.25, -0.2) is 0 Å². The summed E-state index contributed by atoms with van der Waals surface area (Å²) in [6.07, 6.45) is 6.04. The Kier molecular flexibility index (Phi) is 8.30. The van der Waals surface area contributed by atoms with Gasteiger partial charge in [-0.1, -0.05) is 12.0 Å². The van der Waals surface area contributed by atoms with Crippen molar-refractivity contribution < 1.29 is 9.47 Å². The first-order valence-corrected chi connectivity index (χ1v) is 7.02. The van der Waals surface area contributed by atoms with Crippen molar-refractivity contribution in [1.82, 2.24) is 10.6 Å². The van der Waals surface area contributed by atoms with Crippen LogP contribution in [0.1, 0.15) is 13.3 Å². The molecule has 114 valence electrons. The van der Waals surface area contributed by atoms with Gasteiger partial charge in [0, 0.05) is 25.6 Å². The zero-order valence-corrected chi connectivity index (χ0v) is 12.7. The van der Waals surface area contributed by atoms with Gasteiger partial charge in [-0.15, -0.1) is 6.42 Å². The van der Waals surface area contributed by atoms with Gasteiger partial charge in [0.15, 0.2) is 5.96 Å². The number of aliphatic imine (C=N–C) groups is 1. The highest BCUT2D eigenvalue weighted by atomic mass is 16.5. The van der Waals surface area contributed by atoms with E-state index in [1.807, 2.05) is 31.2 Å². The van der Waals surface area contributed by atoms with Crippen LogP contribution in [-0.2, 0) is 0 Å². The van der Waals surface area contributed by atoms with E-state index in [9.17, 15) is 0 Å². The molecule has 1 rings (SSSR count). The lowest BCUT2D eigenvalue weighted by Crippen LogP contribution is -2.37. The van der Waals surface area contributed by atoms with Crippen LogP contribution in [0.2, 0.25) is 0 Å². The molecule has 0 saturated heterocycles. The van der Waals surface area contributed by atoms with E-state index in [-0.39, 0.29) is 0 Å². The molecule has 0 atom stereocenters. The molecule has 0 amide bonds. The van der Waals surface area contributed by atoms with Gasteiger partial charge in [0.2, 0.25) is 0 Å². The van der Waals surface area contributed by atoms with E-state index in [0.717, 1.165) is 30.4 Å². The van der Waals surface area contributed by atoms with Gasteiger partial charge in [-0.05, 0) is 19.1 Å². The van der Waals surface area contributed by atoms with E-state index in [1.165, 1.54) is 0 Å². The van der Waals surface area contributed by atoms with Gasteiger partial charge in [0.25, 0.3) is 0 Å². The van der Waals surface area contributed by atoms with Gasteiger partial charge in [-0.3, -0.25) is 4.99 Å². The van der Waals surface area contributed by atoms with Crippen LogP contribution in [0.5, 0.6) is 11.5 Å². The molecule has 0 aliphatic heterocycles. The Labute approximate surface area is 126 Å². The van der Waals surface area contributed by atoms with Crippen LogP contribution >= 0.6 is 0 Å². The SMILES string of the molecule is C#CCNC(=NCCCOc1cccc(OC)c1)NCC. The minimum atomic E-state index is 0.464. The van der Waals surface area contributed by atoms with E-state index < -0.39 is 0 Å². The van der Waals surface area contributed by atoms with Crippen LogP contribution in [0, 0.1) is 12.3 Å². The van der Waals surface area contributed by atoms with Crippen molar-refractivity contribution in [3.63, 3.8) is 0 Å². The molecule has 0 aliphatic carbocycles. The lowest BCUT2D eigenvalue weighted by atomic mass is 10.3. The third-order valence-corrected chi connectivity index (χ3v) is 2.58. The molecular weight excluding hydrogens is 266 g/mol. The summed E-state index contributed by atoms with van der Waals surface area (Å²) >= 11 is 0. The maximum Gasteiger partial charge on any atom is 0.192 e. The van der Waals surface area contributed by atoms with Crippen LogP contribution < -0.4 is 20.1 Å². The quantitative estimate of drug-likeness (QED) is 0.331. The normalized spacial score (nSPS) is 10.6. The second-order valence-electron chi connectivity index (χ2n) is 4.20. The van der Waals surface area contributed by atoms with Crippen LogP contribution in [-0.4, -0.2) is 39.3 Å². The number of methoxy groups -OCH3 is 1. The number of benzene rings is 1. The van der Waals surface area contributed by atoms with E-state index in [2.05, 4.69) is 21.5 Å². The molecule has 1 aromatic rings. The fourth-order valence-corrected chi connectivity index (χ4v) is 1.61. The minimum absolute atomic E-state index is 0.464. The Hall–Kier alpha value is -2.35. The molecule has 0 bridgehead atoms. The number of hydrogen-bond acceptors (Lipinski definition) is 3. The summed E-state index contributed by atoms with van der Waals surface area (Å²) in [5.41, 5.74) is 0. The number of terminal acetylenes is 1. The first-order chi connectivity index (χ1) is 10.3. The van der Waals surface area contributed by atoms with E-state index in [1.54, 1.807) is 7.11 Å². The van der Waals surface area contributed by atoms with Gasteiger partial charge >= 0.3 is 0 Å². The largest absolute Gasteiger partial charge is 0.497 e. The van der Waals surface area contributed by atoms with Crippen LogP contribution in [0.25, 0.3) is 0 Å². The van der Waals surface area contributed by atoms with Gasteiger partial charge < -0.3 is 20.1 Å². The summed E-state index contributed by atoms with van der Waals surface area (Å²) in [5, 5.41) is 6.17. The highest BCUT2D eigenvalue weighted by molar-refractivity contribution is 5.79. The fraction of sp³-hybridized carbons (Fsp3) is 0.438. The Morgan fingerprint density at radius 2 is 2.14 bits per heavy atom. The molecule has 0 radical (unpaired) electrons. The number of guanidine groups is 1. The molecule has 5 nitrogen and oxygen atoms in total. The average Bonchev–Trinajstić information content (AvgIpc) is 2.52. The summed E-state index contributed by atoms with van der Waals surface area (Å²) in [6, 6.07) is 7.56. The highest BCUT2D eigenvalue weighted by Gasteiger charge is 1.97. The van der Waals surface area contributed by atoms with Crippen LogP contribution in [0.15, 0.2) is 29.3 Å². The zero-order valence-electron chi connectivity index (χ0n) is 12.7. The Bertz CT molecular complexity index is 481. The first-order valence-electron chi connectivity index (χ1n) is 7.02. The maximum absolute atomic E-state index is 5.65. The predicted octanol–water partition coefficient (Wildman–Crippen LogP) is 1.65. The number of rotatable bonds is 8. The highest BCUT2D eigenvalue weighted by Crippen LogP contribution is 2.18. The lowest BCUT2D eigenvalue weighted by Gasteiger charge is -2.09. The van der Waals surface area contributed by atoms with Gasteiger partial charge in [0.05, 0.1) is 20.3 Å². The van der Waals surface area contributed by atoms with Crippen LogP contribution in [0.3, 0.4) is 0 Å². The molecule has 0 heterocycles. The molecule has 0 saturated carbocycles. The maximum atomic E-state index is 5.65. The van der Waals surface area contributed by atoms with Crippen molar-refractivity contribution in [1.29, 1.82) is 0 Å². The van der Waals surface area contributed by atoms with Crippen molar-refractivity contribution in [3.8, 4) is 23.8 Å². The first kappa shape index (κ1) is 16.7. The number of nitrogens with zero attached hydrogens (tertiary/aromatic N) is 1. The molecule has 0 aromatic heterocycles. The summed E-state index contributed by atoms with van der Waals surface area (Å²) in [4.78, 5) is 4.41. The molecule has 1 aromatic carbocycles. The summed E-state index contributed by atoms with van der Waals surface area (Å²) in [6.45, 7) is 4.55. The number of ether oxygens (including phenoxy) is 2. The monoisotopic (exact) mass is 289 g/mol. The Balaban J connectivity index is 2.30. The fourth-order valence-electron chi connectivity index (χ4n) is 1.61. The number of nitrogens with one attached hydrogen (secondary N) is 2. The van der Waals surface area contributed by atoms with Gasteiger partial charge in [0.1, 0.15) is 11.5 Å². The summed E-state index contributed by atoms with van der Waals surface area (Å²) < 4.78 is 10.8. The van der Waals surface area contributed by atoms with Crippen molar-refractivity contribution >= 4 is 5.96 Å². The molecule has 21 heavy (non-hydrogen) atoms. The third kappa shape index (κ3) is 7.11. The molecule has 5 heteroatoms. The third-order valence-electron chi connectivity index (χ3n) is 2.58. The Morgan fingerprint density at radius 1 is 1.33 bits per heavy atom. The summed E-state index contributed by atoms with van der Waals surface area (Å²) in [5.74, 6) is 4.85. The smallest absolute Gasteiger partial charge is 0.192 e. The van der Waals surface area contributed by atoms with E-state index in [0.29, 0.717) is 19.7 Å². The molecule has 0 spiro atoms. The molecule has 0 unspecified atom stereocenters. The van der Waals surface area contributed by atoms with E-state index >= 15 is 0 Å². The predicted molar refractivity (Wildman–Crippen MR) is 85.9 cm³/mol. The van der Waals surface area contributed by atoms with Crippen molar-refractivity contribution in [3.05, 3.63) is 24.3 Å². The second-order valence-corrected chi connectivity index (χ2v) is 4.20. The minimum Gasteiger partial charge on any atom is -0.497 e. The molecule has 0 aliphatic rings. The Morgan fingerprint density at radius 3 is 2.86 bits per heavy atom. The molecular formula is C16H23N3O2. The summed E-state index contributed by atoms with van der Waals surface area (Å²) in [7, 11) is 1.64. The second kappa shape index (κ2) is 10.4. The standard InChI is InChI=1S/C16H23N3O2/c1-4-10-18-16(17-5-2)19-11-7-12-21-15-9-6-8-14(13-15)20-3/h1,6,8-9,13H,5,7,10-12H2,2-3H3,(H2,17,18,19).